The molecule has 1 aliphatic heterocycles. The molecule has 3 rings (SSSR count). The van der Waals surface area contributed by atoms with E-state index in [0.717, 1.165) is 18.0 Å². The van der Waals surface area contributed by atoms with Crippen LogP contribution in [-0.2, 0) is 6.54 Å². The topological polar surface area (TPSA) is 45.5 Å². The summed E-state index contributed by atoms with van der Waals surface area (Å²) in [6, 6.07) is 6.58. The Balaban J connectivity index is 1.63. The summed E-state index contributed by atoms with van der Waals surface area (Å²) in [4.78, 5) is 2.38. The Kier molecular flexibility index (Phi) is 3.25. The fourth-order valence-electron chi connectivity index (χ4n) is 2.46. The maximum atomic E-state index is 4.23. The van der Waals surface area contributed by atoms with Gasteiger partial charge in [0.05, 0.1) is 6.54 Å². The molecule has 5 heteroatoms. The van der Waals surface area contributed by atoms with E-state index < -0.39 is 0 Å². The zero-order chi connectivity index (χ0) is 12.4. The largest absolute Gasteiger partial charge is 0.307 e. The van der Waals surface area contributed by atoms with Gasteiger partial charge < -0.3 is 10.2 Å². The molecule has 0 bridgehead atoms. The summed E-state index contributed by atoms with van der Waals surface area (Å²) >= 11 is 0. The Labute approximate surface area is 107 Å². The molecule has 5 nitrogen and oxygen atoms in total. The van der Waals surface area contributed by atoms with Crippen LogP contribution in [0.15, 0.2) is 24.4 Å². The lowest BCUT2D eigenvalue weighted by Gasteiger charge is -2.29. The second-order valence-corrected chi connectivity index (χ2v) is 5.00. The van der Waals surface area contributed by atoms with Crippen molar-refractivity contribution in [2.45, 2.75) is 25.4 Å². The fraction of sp³-hybridized carbons (Fsp3) is 0.538. The van der Waals surface area contributed by atoms with Crippen molar-refractivity contribution < 1.29 is 0 Å². The van der Waals surface area contributed by atoms with Gasteiger partial charge in [-0.2, -0.15) is 0 Å². The highest BCUT2D eigenvalue weighted by Crippen LogP contribution is 2.09. The van der Waals surface area contributed by atoms with Crippen molar-refractivity contribution in [2.24, 2.45) is 0 Å². The third kappa shape index (κ3) is 2.37. The first-order valence-corrected chi connectivity index (χ1v) is 6.53. The Bertz CT molecular complexity index is 513. The van der Waals surface area contributed by atoms with Gasteiger partial charge in [-0.25, -0.2) is 0 Å². The van der Waals surface area contributed by atoms with Gasteiger partial charge in [-0.05, 0) is 45.1 Å². The van der Waals surface area contributed by atoms with E-state index >= 15 is 0 Å². The van der Waals surface area contributed by atoms with Gasteiger partial charge in [0.1, 0.15) is 0 Å². The number of hydrogen-bond donors (Lipinski definition) is 1. The van der Waals surface area contributed by atoms with Crippen LogP contribution in [0, 0.1) is 0 Å². The lowest BCUT2D eigenvalue weighted by molar-refractivity contribution is 0.233. The molecule has 96 valence electrons. The summed E-state index contributed by atoms with van der Waals surface area (Å²) < 4.78 is 2.04. The molecule has 0 unspecified atom stereocenters. The maximum Gasteiger partial charge on any atom is 0.160 e. The van der Waals surface area contributed by atoms with Crippen LogP contribution in [0.5, 0.6) is 0 Å². The van der Waals surface area contributed by atoms with E-state index in [1.165, 1.54) is 25.9 Å². The first kappa shape index (κ1) is 11.6. The first-order chi connectivity index (χ1) is 8.83. The van der Waals surface area contributed by atoms with Crippen LogP contribution in [0.25, 0.3) is 5.65 Å². The number of piperidine rings is 1. The Morgan fingerprint density at radius 2 is 2.11 bits per heavy atom. The monoisotopic (exact) mass is 245 g/mol. The predicted octanol–water partition coefficient (Wildman–Crippen LogP) is 0.913. The summed E-state index contributed by atoms with van der Waals surface area (Å²) in [6.07, 6.45) is 4.45. The molecule has 18 heavy (non-hydrogen) atoms. The molecule has 1 saturated heterocycles. The van der Waals surface area contributed by atoms with E-state index in [-0.39, 0.29) is 0 Å². The molecule has 2 aromatic heterocycles. The average molecular weight is 245 g/mol. The van der Waals surface area contributed by atoms with E-state index in [2.05, 4.69) is 27.5 Å². The molecule has 0 spiro atoms. The van der Waals surface area contributed by atoms with E-state index in [1.807, 2.05) is 28.8 Å². The Morgan fingerprint density at radius 3 is 2.94 bits per heavy atom. The zero-order valence-electron chi connectivity index (χ0n) is 10.7. The predicted molar refractivity (Wildman–Crippen MR) is 70.3 cm³/mol. The molecule has 0 atom stereocenters. The molecule has 1 N–H and O–H groups in total. The van der Waals surface area contributed by atoms with Crippen molar-refractivity contribution in [1.82, 2.24) is 24.8 Å². The van der Waals surface area contributed by atoms with Crippen molar-refractivity contribution in [2.75, 3.05) is 20.1 Å². The normalized spacial score (nSPS) is 18.5. The van der Waals surface area contributed by atoms with E-state index in [1.54, 1.807) is 0 Å². The van der Waals surface area contributed by atoms with Gasteiger partial charge in [0.25, 0.3) is 0 Å². The molecule has 0 aromatic carbocycles. The first-order valence-electron chi connectivity index (χ1n) is 6.53. The highest BCUT2D eigenvalue weighted by atomic mass is 15.3. The van der Waals surface area contributed by atoms with Crippen LogP contribution in [0.3, 0.4) is 0 Å². The highest BCUT2D eigenvalue weighted by Gasteiger charge is 2.16. The third-order valence-corrected chi connectivity index (χ3v) is 3.65. The van der Waals surface area contributed by atoms with Crippen LogP contribution in [0.2, 0.25) is 0 Å². The number of hydrogen-bond acceptors (Lipinski definition) is 4. The number of nitrogens with one attached hydrogen (secondary N) is 1. The average Bonchev–Trinajstić information content (AvgIpc) is 2.82. The second kappa shape index (κ2) is 5.04. The second-order valence-electron chi connectivity index (χ2n) is 5.00. The summed E-state index contributed by atoms with van der Waals surface area (Å²) in [5, 5.41) is 12.0. The van der Waals surface area contributed by atoms with E-state index in [4.69, 9.17) is 0 Å². The van der Waals surface area contributed by atoms with Crippen molar-refractivity contribution >= 4 is 5.65 Å². The van der Waals surface area contributed by atoms with Gasteiger partial charge in [-0.3, -0.25) is 4.40 Å². The summed E-state index contributed by atoms with van der Waals surface area (Å²) in [6.45, 7) is 3.15. The lowest BCUT2D eigenvalue weighted by atomic mass is 10.1. The number of rotatable bonds is 3. The molecule has 0 aliphatic carbocycles. The minimum Gasteiger partial charge on any atom is -0.307 e. The van der Waals surface area contributed by atoms with E-state index in [9.17, 15) is 0 Å². The van der Waals surface area contributed by atoms with Crippen molar-refractivity contribution in [3.05, 3.63) is 30.2 Å². The molecular formula is C13H19N5. The minimum absolute atomic E-state index is 0.609. The smallest absolute Gasteiger partial charge is 0.160 e. The van der Waals surface area contributed by atoms with E-state index in [0.29, 0.717) is 6.04 Å². The molecule has 2 aromatic rings. The maximum absolute atomic E-state index is 4.23. The van der Waals surface area contributed by atoms with Crippen LogP contribution in [0.4, 0.5) is 0 Å². The molecule has 0 amide bonds. The molecule has 0 radical (unpaired) electrons. The summed E-state index contributed by atoms with van der Waals surface area (Å²) in [5.41, 5.74) is 0.915. The lowest BCUT2D eigenvalue weighted by Crippen LogP contribution is -2.40. The van der Waals surface area contributed by atoms with Crippen LogP contribution >= 0.6 is 0 Å². The van der Waals surface area contributed by atoms with Crippen molar-refractivity contribution in [1.29, 1.82) is 0 Å². The molecular weight excluding hydrogens is 226 g/mol. The zero-order valence-corrected chi connectivity index (χ0v) is 10.7. The third-order valence-electron chi connectivity index (χ3n) is 3.65. The molecule has 3 heterocycles. The minimum atomic E-state index is 0.609. The van der Waals surface area contributed by atoms with Gasteiger partial charge in [0.2, 0.25) is 0 Å². The van der Waals surface area contributed by atoms with Gasteiger partial charge in [-0.15, -0.1) is 10.2 Å². The number of nitrogens with zero attached hydrogens (tertiary/aromatic N) is 4. The molecule has 1 fully saturated rings. The van der Waals surface area contributed by atoms with Crippen LogP contribution in [0.1, 0.15) is 18.7 Å². The van der Waals surface area contributed by atoms with Crippen LogP contribution in [-0.4, -0.2) is 45.7 Å². The van der Waals surface area contributed by atoms with Gasteiger partial charge in [0, 0.05) is 12.2 Å². The standard InChI is InChI=1S/C13H19N5/c1-17-8-5-11(6-9-17)14-10-13-16-15-12-4-2-3-7-18(12)13/h2-4,7,11,14H,5-6,8-10H2,1H3. The number of fused-ring (bicyclic) bond motifs is 1. The molecule has 1 aliphatic rings. The summed E-state index contributed by atoms with van der Waals surface area (Å²) in [5.74, 6) is 0.990. The van der Waals surface area contributed by atoms with Gasteiger partial charge in [-0.1, -0.05) is 6.07 Å². The molecule has 0 saturated carbocycles. The Morgan fingerprint density at radius 1 is 1.28 bits per heavy atom. The van der Waals surface area contributed by atoms with Crippen molar-refractivity contribution in [3.63, 3.8) is 0 Å². The number of aromatic nitrogens is 3. The number of likely N-dealkylation sites (tertiary alicyclic amines) is 1. The summed E-state index contributed by atoms with van der Waals surface area (Å²) in [7, 11) is 2.18. The van der Waals surface area contributed by atoms with Crippen LogP contribution < -0.4 is 5.32 Å². The Hall–Kier alpha value is -1.46. The SMILES string of the molecule is CN1CCC(NCc2nnc3ccccn23)CC1. The fourth-order valence-corrected chi connectivity index (χ4v) is 2.46. The number of pyridine rings is 1. The highest BCUT2D eigenvalue weighted by molar-refractivity contribution is 5.36. The van der Waals surface area contributed by atoms with Gasteiger partial charge in [0.15, 0.2) is 11.5 Å². The van der Waals surface area contributed by atoms with Crippen molar-refractivity contribution in [3.8, 4) is 0 Å². The van der Waals surface area contributed by atoms with Gasteiger partial charge >= 0.3 is 0 Å². The quantitative estimate of drug-likeness (QED) is 0.873.